The summed E-state index contributed by atoms with van der Waals surface area (Å²) >= 11 is 0. The summed E-state index contributed by atoms with van der Waals surface area (Å²) in [5.41, 5.74) is 3.71. The van der Waals surface area contributed by atoms with E-state index in [2.05, 4.69) is 21.3 Å². The summed E-state index contributed by atoms with van der Waals surface area (Å²) in [5, 5.41) is 19.4. The van der Waals surface area contributed by atoms with Gasteiger partial charge in [0.25, 0.3) is 0 Å². The zero-order chi connectivity index (χ0) is 33.0. The molecule has 12 nitrogen and oxygen atoms in total. The Morgan fingerprint density at radius 3 is 2.07 bits per heavy atom. The predicted octanol–water partition coefficient (Wildman–Crippen LogP) is 4.07. The number of fused-ring (bicyclic) bond motifs is 3. The number of hydrogen-bond donors (Lipinski definition) is 5. The molecule has 45 heavy (non-hydrogen) atoms. The average Bonchev–Trinajstić information content (AvgIpc) is 3.29. The summed E-state index contributed by atoms with van der Waals surface area (Å²) in [5.74, 6) is -2.16. The van der Waals surface area contributed by atoms with Crippen LogP contribution >= 0.6 is 0 Å². The molecule has 4 amide bonds. The first-order valence-electron chi connectivity index (χ1n) is 15.2. The molecule has 0 spiro atoms. The second-order valence-corrected chi connectivity index (χ2v) is 12.1. The van der Waals surface area contributed by atoms with Gasteiger partial charge in [-0.05, 0) is 75.6 Å². The number of unbranched alkanes of at least 4 members (excludes halogenated alkanes) is 1. The number of ether oxygens (including phenoxy) is 2. The number of rotatable bonds is 15. The van der Waals surface area contributed by atoms with Crippen molar-refractivity contribution in [3.8, 4) is 11.1 Å². The molecule has 2 atom stereocenters. The number of carboxylic acid groups (broad SMARTS) is 1. The Bertz CT molecular complexity index is 1310. The third kappa shape index (κ3) is 11.4. The van der Waals surface area contributed by atoms with E-state index in [1.807, 2.05) is 48.5 Å². The lowest BCUT2D eigenvalue weighted by Crippen LogP contribution is -2.51. The number of aliphatic carboxylic acids is 1. The molecule has 2 unspecified atom stereocenters. The summed E-state index contributed by atoms with van der Waals surface area (Å²) in [6.45, 7) is 6.97. The Morgan fingerprint density at radius 2 is 1.47 bits per heavy atom. The maximum Gasteiger partial charge on any atom is 0.407 e. The van der Waals surface area contributed by atoms with Gasteiger partial charge >= 0.3 is 18.2 Å². The van der Waals surface area contributed by atoms with E-state index in [4.69, 9.17) is 14.6 Å². The second kappa shape index (κ2) is 16.5. The fraction of sp³-hybridized carbons (Fsp3) is 0.485. The van der Waals surface area contributed by atoms with Crippen LogP contribution in [-0.2, 0) is 23.9 Å². The molecular weight excluding hydrogens is 580 g/mol. The molecular formula is C33H44N4O8. The van der Waals surface area contributed by atoms with Gasteiger partial charge in [-0.2, -0.15) is 0 Å². The first kappa shape index (κ1) is 34.9. The van der Waals surface area contributed by atoms with Crippen LogP contribution in [0.5, 0.6) is 0 Å². The highest BCUT2D eigenvalue weighted by molar-refractivity contribution is 5.89. The summed E-state index contributed by atoms with van der Waals surface area (Å²) in [7, 11) is 0. The van der Waals surface area contributed by atoms with Crippen molar-refractivity contribution in [3.05, 3.63) is 59.7 Å². The van der Waals surface area contributed by atoms with Crippen LogP contribution in [0.2, 0.25) is 0 Å². The van der Waals surface area contributed by atoms with Crippen LogP contribution in [0.3, 0.4) is 0 Å². The van der Waals surface area contributed by atoms with E-state index in [0.717, 1.165) is 22.3 Å². The first-order chi connectivity index (χ1) is 21.3. The van der Waals surface area contributed by atoms with Gasteiger partial charge in [0.2, 0.25) is 11.8 Å². The van der Waals surface area contributed by atoms with E-state index in [1.54, 1.807) is 27.7 Å². The number of carboxylic acids is 1. The quantitative estimate of drug-likeness (QED) is 0.185. The minimum atomic E-state index is -0.974. The molecule has 5 N–H and O–H groups in total. The van der Waals surface area contributed by atoms with Crippen molar-refractivity contribution in [2.75, 3.05) is 19.7 Å². The number of nitrogens with one attached hydrogen (secondary N) is 4. The standard InChI is InChI=1S/C33H44N4O8/c1-21(16-17-29(39)40)36-30(41)27(15-9-10-18-34-32(43)45-33(2,3)4)37-28(38)19-35-31(42)44-20-26-24-13-7-5-11-22(24)23-12-6-8-14-25(23)26/h5-8,11-14,21,26-27H,9-10,15-20H2,1-4H3,(H,34,43)(H,35,42)(H,36,41)(H,37,38)(H,39,40). The third-order valence-corrected chi connectivity index (χ3v) is 7.16. The molecule has 0 aromatic heterocycles. The fourth-order valence-corrected chi connectivity index (χ4v) is 5.05. The molecule has 0 aliphatic heterocycles. The zero-order valence-electron chi connectivity index (χ0n) is 26.3. The van der Waals surface area contributed by atoms with Gasteiger partial charge in [-0.25, -0.2) is 9.59 Å². The number of carbonyl (C=O) groups excluding carboxylic acids is 4. The molecule has 0 bridgehead atoms. The van der Waals surface area contributed by atoms with Crippen LogP contribution in [0, 0.1) is 0 Å². The summed E-state index contributed by atoms with van der Waals surface area (Å²) < 4.78 is 10.7. The minimum absolute atomic E-state index is 0.0953. The lowest BCUT2D eigenvalue weighted by molar-refractivity contribution is -0.137. The Balaban J connectivity index is 1.49. The van der Waals surface area contributed by atoms with Crippen LogP contribution in [0.4, 0.5) is 9.59 Å². The van der Waals surface area contributed by atoms with Crippen LogP contribution in [0.25, 0.3) is 11.1 Å². The molecule has 0 radical (unpaired) electrons. The zero-order valence-corrected chi connectivity index (χ0v) is 26.3. The smallest absolute Gasteiger partial charge is 0.407 e. The monoisotopic (exact) mass is 624 g/mol. The Morgan fingerprint density at radius 1 is 0.844 bits per heavy atom. The van der Waals surface area contributed by atoms with Crippen LogP contribution < -0.4 is 21.3 Å². The van der Waals surface area contributed by atoms with E-state index in [1.165, 1.54) is 0 Å². The molecule has 2 aromatic rings. The number of hydrogen-bond acceptors (Lipinski definition) is 7. The lowest BCUT2D eigenvalue weighted by atomic mass is 9.98. The topological polar surface area (TPSA) is 172 Å². The Labute approximate surface area is 263 Å². The molecule has 0 saturated carbocycles. The molecule has 0 fully saturated rings. The molecule has 12 heteroatoms. The lowest BCUT2D eigenvalue weighted by Gasteiger charge is -2.22. The normalized spacial score (nSPS) is 13.4. The molecule has 0 saturated heterocycles. The molecule has 1 aliphatic carbocycles. The van der Waals surface area contributed by atoms with Crippen LogP contribution in [0.1, 0.15) is 76.8 Å². The van der Waals surface area contributed by atoms with Crippen molar-refractivity contribution in [2.45, 2.75) is 83.4 Å². The van der Waals surface area contributed by atoms with E-state index in [-0.39, 0.29) is 31.8 Å². The second-order valence-electron chi connectivity index (χ2n) is 12.1. The molecule has 244 valence electrons. The summed E-state index contributed by atoms with van der Waals surface area (Å²) in [4.78, 5) is 61.0. The number of amides is 4. The van der Waals surface area contributed by atoms with Crippen molar-refractivity contribution < 1.29 is 38.6 Å². The van der Waals surface area contributed by atoms with Crippen LogP contribution in [0.15, 0.2) is 48.5 Å². The van der Waals surface area contributed by atoms with Crippen molar-refractivity contribution >= 4 is 30.0 Å². The minimum Gasteiger partial charge on any atom is -0.481 e. The SMILES string of the molecule is CC(CCC(=O)O)NC(=O)C(CCCCNC(=O)OC(C)(C)C)NC(=O)CNC(=O)OCC1c2ccccc2-c2ccccc21. The highest BCUT2D eigenvalue weighted by atomic mass is 16.6. The highest BCUT2D eigenvalue weighted by Crippen LogP contribution is 2.44. The van der Waals surface area contributed by atoms with Gasteiger partial charge in [0, 0.05) is 24.9 Å². The van der Waals surface area contributed by atoms with Crippen LogP contribution in [-0.4, -0.2) is 72.5 Å². The molecule has 0 heterocycles. The van der Waals surface area contributed by atoms with Crippen molar-refractivity contribution in [1.82, 2.24) is 21.3 Å². The van der Waals surface area contributed by atoms with E-state index >= 15 is 0 Å². The van der Waals surface area contributed by atoms with E-state index in [0.29, 0.717) is 19.4 Å². The number of carbonyl (C=O) groups is 5. The Hall–Kier alpha value is -4.61. The van der Waals surface area contributed by atoms with Crippen molar-refractivity contribution in [1.29, 1.82) is 0 Å². The van der Waals surface area contributed by atoms with Gasteiger partial charge in [0.15, 0.2) is 0 Å². The highest BCUT2D eigenvalue weighted by Gasteiger charge is 2.29. The number of benzene rings is 2. The van der Waals surface area contributed by atoms with Gasteiger partial charge < -0.3 is 35.8 Å². The van der Waals surface area contributed by atoms with Gasteiger partial charge in [0.1, 0.15) is 24.8 Å². The van der Waals surface area contributed by atoms with Gasteiger partial charge in [0.05, 0.1) is 0 Å². The number of alkyl carbamates (subject to hydrolysis) is 2. The largest absolute Gasteiger partial charge is 0.481 e. The van der Waals surface area contributed by atoms with Crippen molar-refractivity contribution in [3.63, 3.8) is 0 Å². The maximum atomic E-state index is 13.0. The fourth-order valence-electron chi connectivity index (χ4n) is 5.05. The van der Waals surface area contributed by atoms with Gasteiger partial charge in [-0.1, -0.05) is 48.5 Å². The summed E-state index contributed by atoms with van der Waals surface area (Å²) in [6.07, 6.45) is 0.0665. The molecule has 1 aliphatic rings. The molecule has 3 rings (SSSR count). The van der Waals surface area contributed by atoms with E-state index in [9.17, 15) is 24.0 Å². The summed E-state index contributed by atoms with van der Waals surface area (Å²) in [6, 6.07) is 14.6. The van der Waals surface area contributed by atoms with E-state index < -0.39 is 54.2 Å². The van der Waals surface area contributed by atoms with Gasteiger partial charge in [-0.15, -0.1) is 0 Å². The van der Waals surface area contributed by atoms with Crippen molar-refractivity contribution in [2.24, 2.45) is 0 Å². The molecule has 2 aromatic carbocycles. The average molecular weight is 625 g/mol. The van der Waals surface area contributed by atoms with Gasteiger partial charge in [-0.3, -0.25) is 14.4 Å². The predicted molar refractivity (Wildman–Crippen MR) is 168 cm³/mol. The first-order valence-corrected chi connectivity index (χ1v) is 15.2. The third-order valence-electron chi connectivity index (χ3n) is 7.16. The Kier molecular flexibility index (Phi) is 12.8. The maximum absolute atomic E-state index is 13.0.